The average molecular weight is 313 g/mol. The van der Waals surface area contributed by atoms with Crippen LogP contribution in [0, 0.1) is 0 Å². The van der Waals surface area contributed by atoms with Crippen LogP contribution in [0.15, 0.2) is 18.2 Å². The van der Waals surface area contributed by atoms with E-state index in [9.17, 15) is 13.2 Å². The minimum absolute atomic E-state index is 0. The fourth-order valence-electron chi connectivity index (χ4n) is 1.86. The molecule has 0 unspecified atom stereocenters. The number of alkyl halides is 3. The van der Waals surface area contributed by atoms with Crippen LogP contribution < -0.4 is 16.2 Å². The molecule has 7 heteroatoms. The molecule has 20 heavy (non-hydrogen) atoms. The molecule has 0 saturated heterocycles. The van der Waals surface area contributed by atoms with Crippen molar-refractivity contribution in [3.63, 3.8) is 0 Å². The van der Waals surface area contributed by atoms with Gasteiger partial charge in [-0.15, -0.1) is 12.4 Å². The summed E-state index contributed by atoms with van der Waals surface area (Å²) in [6.07, 6.45) is -2.03. The zero-order valence-corrected chi connectivity index (χ0v) is 12.1. The predicted molar refractivity (Wildman–Crippen MR) is 75.1 cm³/mol. The molecule has 0 heterocycles. The molecule has 0 aliphatic rings. The normalized spacial score (nSPS) is 12.7. The lowest BCUT2D eigenvalue weighted by Crippen LogP contribution is -2.13. The van der Waals surface area contributed by atoms with Crippen LogP contribution in [-0.4, -0.2) is 13.7 Å². The summed E-state index contributed by atoms with van der Waals surface area (Å²) in [5, 5.41) is 0. The van der Waals surface area contributed by atoms with Gasteiger partial charge in [-0.3, -0.25) is 0 Å². The Balaban J connectivity index is 0.00000361. The van der Waals surface area contributed by atoms with Crippen LogP contribution in [0.3, 0.4) is 0 Å². The van der Waals surface area contributed by atoms with Crippen LogP contribution in [0.4, 0.5) is 13.2 Å². The van der Waals surface area contributed by atoms with Gasteiger partial charge in [-0.2, -0.15) is 13.2 Å². The van der Waals surface area contributed by atoms with E-state index in [-0.39, 0.29) is 24.2 Å². The summed E-state index contributed by atoms with van der Waals surface area (Å²) in [5.41, 5.74) is 11.2. The molecule has 1 atom stereocenters. The lowest BCUT2D eigenvalue weighted by molar-refractivity contribution is -0.137. The number of methoxy groups -OCH3 is 1. The van der Waals surface area contributed by atoms with Crippen molar-refractivity contribution in [2.24, 2.45) is 11.5 Å². The largest absolute Gasteiger partial charge is 0.496 e. The van der Waals surface area contributed by atoms with Gasteiger partial charge in [0.1, 0.15) is 5.75 Å². The van der Waals surface area contributed by atoms with E-state index in [1.165, 1.54) is 13.2 Å². The van der Waals surface area contributed by atoms with Gasteiger partial charge in [0.05, 0.1) is 12.7 Å². The Morgan fingerprint density at radius 2 is 1.90 bits per heavy atom. The molecule has 0 spiro atoms. The summed E-state index contributed by atoms with van der Waals surface area (Å²) in [6, 6.07) is 3.05. The molecule has 1 rings (SSSR count). The summed E-state index contributed by atoms with van der Waals surface area (Å²) in [7, 11) is 1.34. The third-order valence-electron chi connectivity index (χ3n) is 2.93. The number of hydrogen-bond acceptors (Lipinski definition) is 3. The van der Waals surface area contributed by atoms with Crippen LogP contribution in [0.25, 0.3) is 0 Å². The number of benzene rings is 1. The van der Waals surface area contributed by atoms with Crippen molar-refractivity contribution in [2.45, 2.75) is 31.5 Å². The lowest BCUT2D eigenvalue weighted by atomic mass is 9.99. The average Bonchev–Trinajstić information content (AvgIpc) is 2.37. The van der Waals surface area contributed by atoms with Crippen LogP contribution in [0.2, 0.25) is 0 Å². The molecule has 116 valence electrons. The van der Waals surface area contributed by atoms with Crippen molar-refractivity contribution in [3.8, 4) is 5.75 Å². The molecule has 0 aliphatic heterocycles. The molecule has 1 aromatic rings. The molecule has 0 bridgehead atoms. The molecule has 0 saturated carbocycles. The third-order valence-corrected chi connectivity index (χ3v) is 2.93. The van der Waals surface area contributed by atoms with E-state index < -0.39 is 11.7 Å². The highest BCUT2D eigenvalue weighted by Crippen LogP contribution is 2.35. The molecule has 0 aliphatic carbocycles. The zero-order valence-electron chi connectivity index (χ0n) is 11.2. The van der Waals surface area contributed by atoms with Crippen LogP contribution in [0.5, 0.6) is 5.75 Å². The number of rotatable bonds is 6. The standard InChI is InChI=1S/C13H19F3N2O.ClH/c1-19-12-8-9(13(14,15)16)5-6-10(12)11(18)4-2-3-7-17;/h5-6,8,11H,2-4,7,17-18H2,1H3;1H/t11-;/m0./s1. The maximum Gasteiger partial charge on any atom is 0.416 e. The predicted octanol–water partition coefficient (Wildman–Crippen LogP) is 3.26. The van der Waals surface area contributed by atoms with Gasteiger partial charge in [0.25, 0.3) is 0 Å². The van der Waals surface area contributed by atoms with Crippen LogP contribution in [0.1, 0.15) is 36.4 Å². The first kappa shape index (κ1) is 19.0. The van der Waals surface area contributed by atoms with Gasteiger partial charge in [0.15, 0.2) is 0 Å². The molecule has 3 nitrogen and oxygen atoms in total. The Morgan fingerprint density at radius 3 is 2.40 bits per heavy atom. The van der Waals surface area contributed by atoms with Crippen molar-refractivity contribution in [1.29, 1.82) is 0 Å². The minimum Gasteiger partial charge on any atom is -0.496 e. The highest BCUT2D eigenvalue weighted by Gasteiger charge is 2.31. The van der Waals surface area contributed by atoms with E-state index in [0.29, 0.717) is 18.5 Å². The molecule has 0 aromatic heterocycles. The second-order valence-electron chi connectivity index (χ2n) is 4.35. The van der Waals surface area contributed by atoms with E-state index in [1.807, 2.05) is 0 Å². The SMILES string of the molecule is COc1cc(C(F)(F)F)ccc1[C@@H](N)CCCCN.Cl. The quantitative estimate of drug-likeness (QED) is 0.793. The van der Waals surface area contributed by atoms with Gasteiger partial charge in [0, 0.05) is 11.6 Å². The highest BCUT2D eigenvalue weighted by molar-refractivity contribution is 5.85. The monoisotopic (exact) mass is 312 g/mol. The van der Waals surface area contributed by atoms with Gasteiger partial charge in [0.2, 0.25) is 0 Å². The molecule has 4 N–H and O–H groups in total. The van der Waals surface area contributed by atoms with Crippen molar-refractivity contribution in [3.05, 3.63) is 29.3 Å². The number of ether oxygens (including phenoxy) is 1. The second kappa shape index (κ2) is 8.34. The van der Waals surface area contributed by atoms with Crippen LogP contribution in [-0.2, 0) is 6.18 Å². The maximum absolute atomic E-state index is 12.6. The zero-order chi connectivity index (χ0) is 14.5. The van der Waals surface area contributed by atoms with E-state index in [2.05, 4.69) is 0 Å². The Bertz CT molecular complexity index is 413. The summed E-state index contributed by atoms with van der Waals surface area (Å²) in [6.45, 7) is 0.580. The number of hydrogen-bond donors (Lipinski definition) is 2. The Hall–Kier alpha value is -0.980. The van der Waals surface area contributed by atoms with Crippen molar-refractivity contribution < 1.29 is 17.9 Å². The van der Waals surface area contributed by atoms with Gasteiger partial charge in [-0.1, -0.05) is 12.5 Å². The van der Waals surface area contributed by atoms with Crippen LogP contribution >= 0.6 is 12.4 Å². The molecule has 0 fully saturated rings. The Morgan fingerprint density at radius 1 is 1.25 bits per heavy atom. The Labute approximate surface area is 122 Å². The minimum atomic E-state index is -4.38. The van der Waals surface area contributed by atoms with E-state index in [1.54, 1.807) is 0 Å². The Kier molecular flexibility index (Phi) is 7.93. The molecular formula is C13H20ClF3N2O. The smallest absolute Gasteiger partial charge is 0.416 e. The van der Waals surface area contributed by atoms with E-state index in [4.69, 9.17) is 16.2 Å². The number of unbranched alkanes of at least 4 members (excludes halogenated alkanes) is 1. The summed E-state index contributed by atoms with van der Waals surface area (Å²) in [4.78, 5) is 0. The van der Waals surface area contributed by atoms with Gasteiger partial charge >= 0.3 is 6.18 Å². The lowest BCUT2D eigenvalue weighted by Gasteiger charge is -2.17. The second-order valence-corrected chi connectivity index (χ2v) is 4.35. The van der Waals surface area contributed by atoms with Gasteiger partial charge in [-0.05, 0) is 31.5 Å². The first-order chi connectivity index (χ1) is 8.90. The van der Waals surface area contributed by atoms with Crippen molar-refractivity contribution in [1.82, 2.24) is 0 Å². The number of halogens is 4. The van der Waals surface area contributed by atoms with Crippen molar-refractivity contribution in [2.75, 3.05) is 13.7 Å². The highest BCUT2D eigenvalue weighted by atomic mass is 35.5. The summed E-state index contributed by atoms with van der Waals surface area (Å²) in [5.74, 6) is 0.176. The fraction of sp³-hybridized carbons (Fsp3) is 0.538. The molecule has 1 aromatic carbocycles. The van der Waals surface area contributed by atoms with Gasteiger partial charge in [-0.25, -0.2) is 0 Å². The molecule has 0 radical (unpaired) electrons. The first-order valence-electron chi connectivity index (χ1n) is 6.11. The maximum atomic E-state index is 12.6. The fourth-order valence-corrected chi connectivity index (χ4v) is 1.86. The first-order valence-corrected chi connectivity index (χ1v) is 6.11. The molecular weight excluding hydrogens is 293 g/mol. The molecule has 0 amide bonds. The third kappa shape index (κ3) is 5.19. The topological polar surface area (TPSA) is 61.3 Å². The summed E-state index contributed by atoms with van der Waals surface area (Å²) >= 11 is 0. The van der Waals surface area contributed by atoms with Gasteiger partial charge < -0.3 is 16.2 Å². The number of nitrogens with two attached hydrogens (primary N) is 2. The van der Waals surface area contributed by atoms with E-state index >= 15 is 0 Å². The van der Waals surface area contributed by atoms with Crippen molar-refractivity contribution >= 4 is 12.4 Å². The summed E-state index contributed by atoms with van der Waals surface area (Å²) < 4.78 is 42.8. The van der Waals surface area contributed by atoms with E-state index in [0.717, 1.165) is 25.0 Å².